The fraction of sp³-hybridized carbons (Fsp3) is 0.696. The number of nitrogens with zero attached hydrogens (tertiary/aromatic N) is 3. The van der Waals surface area contributed by atoms with Crippen molar-refractivity contribution >= 4 is 26.2 Å². The molecule has 0 N–H and O–H groups in total. The van der Waals surface area contributed by atoms with Crippen LogP contribution in [0.15, 0.2) is 24.8 Å². The smallest absolute Gasteiger partial charge is 0.410 e. The summed E-state index contributed by atoms with van der Waals surface area (Å²) in [6.07, 6.45) is 5.53. The van der Waals surface area contributed by atoms with Crippen molar-refractivity contribution in [2.75, 3.05) is 39.3 Å². The molecule has 2 fully saturated rings. The lowest BCUT2D eigenvalue weighted by molar-refractivity contribution is -0.155. The number of rotatable bonds is 8. The number of carbonyl (C=O) groups excluding carboxylic acids is 3. The van der Waals surface area contributed by atoms with Crippen molar-refractivity contribution in [2.24, 2.45) is 0 Å². The Hall–Kier alpha value is -2.13. The Morgan fingerprint density at radius 1 is 1.19 bits per heavy atom. The van der Waals surface area contributed by atoms with Gasteiger partial charge in [-0.15, -0.1) is 0 Å². The monoisotopic (exact) mass is 465 g/mol. The van der Waals surface area contributed by atoms with E-state index >= 15 is 0 Å². The van der Waals surface area contributed by atoms with Gasteiger partial charge in [0.25, 0.3) is 0 Å². The molecule has 0 unspecified atom stereocenters. The molecule has 0 aliphatic carbocycles. The van der Waals surface area contributed by atoms with Crippen molar-refractivity contribution in [3.63, 3.8) is 0 Å². The Bertz CT molecular complexity index is 746. The minimum Gasteiger partial charge on any atom is -0.445 e. The Balaban J connectivity index is 2.06. The zero-order valence-corrected chi connectivity index (χ0v) is 21.4. The fourth-order valence-corrected chi connectivity index (χ4v) is 5.00. The van der Waals surface area contributed by atoms with Crippen LogP contribution in [0.1, 0.15) is 34.1 Å². The van der Waals surface area contributed by atoms with Gasteiger partial charge in [-0.3, -0.25) is 14.5 Å². The first-order valence-corrected chi connectivity index (χ1v) is 14.3. The van der Waals surface area contributed by atoms with E-state index in [1.807, 2.05) is 19.1 Å². The van der Waals surface area contributed by atoms with Gasteiger partial charge in [-0.25, -0.2) is 4.79 Å². The Kier molecular flexibility index (Phi) is 8.70. The lowest BCUT2D eigenvalue weighted by Crippen LogP contribution is -2.54. The molecule has 2 rings (SSSR count). The number of ether oxygens (including phenoxy) is 1. The van der Waals surface area contributed by atoms with Crippen LogP contribution < -0.4 is 0 Å². The fourth-order valence-electron chi connectivity index (χ4n) is 3.65. The van der Waals surface area contributed by atoms with Gasteiger partial charge >= 0.3 is 17.9 Å². The molecule has 2 atom stereocenters. The van der Waals surface area contributed by atoms with Crippen LogP contribution in [0.5, 0.6) is 0 Å². The highest BCUT2D eigenvalue weighted by Crippen LogP contribution is 2.39. The number of hydrogen-bond donors (Lipinski definition) is 0. The molecular weight excluding hydrogens is 426 g/mol. The van der Waals surface area contributed by atoms with E-state index in [1.165, 1.54) is 0 Å². The number of hydrogen-bond acceptors (Lipinski definition) is 5. The van der Waals surface area contributed by atoms with E-state index in [0.717, 1.165) is 0 Å². The first-order valence-electron chi connectivity index (χ1n) is 11.4. The third kappa shape index (κ3) is 6.22. The molecule has 3 amide bonds. The van der Waals surface area contributed by atoms with Crippen LogP contribution in [-0.2, 0) is 18.8 Å². The lowest BCUT2D eigenvalue weighted by Gasteiger charge is -2.38. The Morgan fingerprint density at radius 2 is 1.81 bits per heavy atom. The van der Waals surface area contributed by atoms with Crippen LogP contribution in [0, 0.1) is 0 Å². The normalized spacial score (nSPS) is 22.8. The second-order valence-electron chi connectivity index (χ2n) is 9.89. The van der Waals surface area contributed by atoms with Gasteiger partial charge in [0.1, 0.15) is 6.61 Å². The quantitative estimate of drug-likeness (QED) is 0.313. The van der Waals surface area contributed by atoms with E-state index in [1.54, 1.807) is 20.8 Å². The molecule has 2 heterocycles. The highest BCUT2D eigenvalue weighted by atomic mass is 28.4. The van der Waals surface area contributed by atoms with E-state index < -0.39 is 26.2 Å². The molecule has 0 aromatic rings. The van der Waals surface area contributed by atoms with E-state index in [4.69, 9.17) is 9.16 Å². The SMILES string of the molecule is C=CCOC(=O)N1C[C@H](O[Si](C)(C)C(C)(C)C)C[C@H]1/C=C/CN1CCN(CC)C(=O)C1=O. The average Bonchev–Trinajstić information content (AvgIpc) is 3.10. The number of carbonyl (C=O) groups is 3. The zero-order valence-electron chi connectivity index (χ0n) is 20.4. The molecule has 2 aliphatic rings. The van der Waals surface area contributed by atoms with Gasteiger partial charge in [-0.2, -0.15) is 0 Å². The van der Waals surface area contributed by atoms with Crippen molar-refractivity contribution in [1.29, 1.82) is 0 Å². The minimum absolute atomic E-state index is 0.0712. The standard InChI is InChI=1S/C23H39N3O5Si/c1-8-15-30-22(29)26-17-19(31-32(6,7)23(3,4)5)16-18(26)11-10-12-25-14-13-24(9-2)20(27)21(25)28/h8,10-11,18-19H,1,9,12-17H2,2-7H3/b11-10+/t18-,19-/m1/s1. The van der Waals surface area contributed by atoms with Crippen molar-refractivity contribution in [3.05, 3.63) is 24.8 Å². The summed E-state index contributed by atoms with van der Waals surface area (Å²) in [5.41, 5.74) is 0. The van der Waals surface area contributed by atoms with Gasteiger partial charge in [0.05, 0.1) is 12.1 Å². The molecule has 0 aromatic carbocycles. The maximum Gasteiger partial charge on any atom is 0.410 e. The third-order valence-corrected chi connectivity index (χ3v) is 11.1. The summed E-state index contributed by atoms with van der Waals surface area (Å²) in [7, 11) is -1.99. The predicted molar refractivity (Wildman–Crippen MR) is 127 cm³/mol. The van der Waals surface area contributed by atoms with Crippen molar-refractivity contribution in [3.8, 4) is 0 Å². The van der Waals surface area contributed by atoms with Crippen LogP contribution in [0.2, 0.25) is 18.1 Å². The first-order chi connectivity index (χ1) is 14.9. The van der Waals surface area contributed by atoms with Crippen LogP contribution in [-0.4, -0.2) is 92.4 Å². The molecule has 0 aromatic heterocycles. The molecule has 8 nitrogen and oxygen atoms in total. The Morgan fingerprint density at radius 3 is 2.41 bits per heavy atom. The summed E-state index contributed by atoms with van der Waals surface area (Å²) in [6, 6.07) is -0.190. The lowest BCUT2D eigenvalue weighted by atomic mass is 10.2. The average molecular weight is 466 g/mol. The van der Waals surface area contributed by atoms with Gasteiger partial charge in [-0.1, -0.05) is 45.6 Å². The molecule has 0 radical (unpaired) electrons. The van der Waals surface area contributed by atoms with E-state index in [0.29, 0.717) is 39.1 Å². The molecule has 0 bridgehead atoms. The maximum absolute atomic E-state index is 12.6. The molecule has 2 aliphatic heterocycles. The zero-order chi connectivity index (χ0) is 24.1. The van der Waals surface area contributed by atoms with Crippen LogP contribution in [0.4, 0.5) is 4.79 Å². The van der Waals surface area contributed by atoms with Crippen LogP contribution in [0.3, 0.4) is 0 Å². The second kappa shape index (κ2) is 10.7. The minimum atomic E-state index is -1.99. The van der Waals surface area contributed by atoms with Crippen LogP contribution >= 0.6 is 0 Å². The highest BCUT2D eigenvalue weighted by Gasteiger charge is 2.43. The Labute approximate surface area is 193 Å². The maximum atomic E-state index is 12.6. The highest BCUT2D eigenvalue weighted by molar-refractivity contribution is 6.74. The summed E-state index contributed by atoms with van der Waals surface area (Å²) in [6.45, 7) is 19.0. The molecule has 180 valence electrons. The summed E-state index contributed by atoms with van der Waals surface area (Å²) in [4.78, 5) is 41.8. The van der Waals surface area contributed by atoms with E-state index in [-0.39, 0.29) is 23.8 Å². The largest absolute Gasteiger partial charge is 0.445 e. The van der Waals surface area contributed by atoms with Gasteiger partial charge in [0.15, 0.2) is 8.32 Å². The second-order valence-corrected chi connectivity index (χ2v) is 14.6. The topological polar surface area (TPSA) is 79.4 Å². The number of likely N-dealkylation sites (N-methyl/N-ethyl adjacent to an activating group) is 1. The van der Waals surface area contributed by atoms with Gasteiger partial charge in [0, 0.05) is 32.7 Å². The number of likely N-dealkylation sites (tertiary alicyclic amines) is 1. The van der Waals surface area contributed by atoms with Crippen LogP contribution in [0.25, 0.3) is 0 Å². The summed E-state index contributed by atoms with van der Waals surface area (Å²) >= 11 is 0. The molecule has 2 saturated heterocycles. The van der Waals surface area contributed by atoms with Crippen molar-refractivity contribution in [1.82, 2.24) is 14.7 Å². The third-order valence-electron chi connectivity index (χ3n) is 6.59. The van der Waals surface area contributed by atoms with Gasteiger partial charge in [-0.05, 0) is 31.5 Å². The van der Waals surface area contributed by atoms with Crippen molar-refractivity contribution in [2.45, 2.75) is 64.4 Å². The summed E-state index contributed by atoms with van der Waals surface area (Å²) < 4.78 is 11.8. The van der Waals surface area contributed by atoms with Gasteiger partial charge < -0.3 is 19.0 Å². The van der Waals surface area contributed by atoms with Gasteiger partial charge in [0.2, 0.25) is 0 Å². The number of amides is 3. The molecule has 32 heavy (non-hydrogen) atoms. The molecule has 9 heteroatoms. The van der Waals surface area contributed by atoms with E-state index in [9.17, 15) is 14.4 Å². The van der Waals surface area contributed by atoms with Crippen molar-refractivity contribution < 1.29 is 23.5 Å². The molecule has 0 spiro atoms. The van der Waals surface area contributed by atoms with E-state index in [2.05, 4.69) is 40.4 Å². The molecule has 0 saturated carbocycles. The number of piperazine rings is 1. The summed E-state index contributed by atoms with van der Waals surface area (Å²) in [5, 5.41) is 0.0721. The summed E-state index contributed by atoms with van der Waals surface area (Å²) in [5.74, 6) is -0.930. The molecular formula is C23H39N3O5Si. The predicted octanol–water partition coefficient (Wildman–Crippen LogP) is 3.02. The first kappa shape index (κ1) is 26.1.